The summed E-state index contributed by atoms with van der Waals surface area (Å²) >= 11 is 0. The van der Waals surface area contributed by atoms with Crippen LogP contribution in [0.4, 0.5) is 0 Å². The normalized spacial score (nSPS) is 37.0. The lowest BCUT2D eigenvalue weighted by molar-refractivity contribution is -0.130. The molecular weight excluding hydrogens is 264 g/mol. The maximum absolute atomic E-state index is 12.2. The van der Waals surface area contributed by atoms with Crippen LogP contribution in [0.15, 0.2) is 0 Å². The fourth-order valence-corrected chi connectivity index (χ4v) is 4.78. The lowest BCUT2D eigenvalue weighted by Gasteiger charge is -2.28. The van der Waals surface area contributed by atoms with Gasteiger partial charge in [-0.1, -0.05) is 0 Å². The fourth-order valence-electron chi connectivity index (χ4n) is 4.78. The Balaban J connectivity index is 1.19. The van der Waals surface area contributed by atoms with Crippen molar-refractivity contribution in [2.45, 2.75) is 32.1 Å². The number of nitrogens with zero attached hydrogens (tertiary/aromatic N) is 2. The van der Waals surface area contributed by atoms with Crippen molar-refractivity contribution in [1.29, 1.82) is 0 Å². The Kier molecular flexibility index (Phi) is 3.92. The van der Waals surface area contributed by atoms with E-state index in [4.69, 9.17) is 4.74 Å². The van der Waals surface area contributed by atoms with Crippen LogP contribution >= 0.6 is 0 Å². The molecule has 1 saturated carbocycles. The minimum atomic E-state index is 0.433. The van der Waals surface area contributed by atoms with E-state index in [1.54, 1.807) is 0 Å². The molecule has 0 aromatic rings. The van der Waals surface area contributed by atoms with Crippen LogP contribution in [0.25, 0.3) is 0 Å². The quantitative estimate of drug-likeness (QED) is 0.789. The highest BCUT2D eigenvalue weighted by Gasteiger charge is 2.56. The maximum Gasteiger partial charge on any atom is 0.222 e. The Morgan fingerprint density at radius 3 is 2.38 bits per heavy atom. The van der Waals surface area contributed by atoms with Gasteiger partial charge in [-0.25, -0.2) is 0 Å². The number of piperidine rings is 1. The Labute approximate surface area is 127 Å². The van der Waals surface area contributed by atoms with Gasteiger partial charge in [0.15, 0.2) is 0 Å². The van der Waals surface area contributed by atoms with Crippen LogP contribution in [0.1, 0.15) is 32.1 Å². The average Bonchev–Trinajstić information content (AvgIpc) is 2.96. The second-order valence-electron chi connectivity index (χ2n) is 7.56. The van der Waals surface area contributed by atoms with Gasteiger partial charge < -0.3 is 14.5 Å². The fraction of sp³-hybridized carbons (Fsp3) is 0.941. The molecule has 3 atom stereocenters. The van der Waals surface area contributed by atoms with Gasteiger partial charge >= 0.3 is 0 Å². The van der Waals surface area contributed by atoms with Gasteiger partial charge in [-0.2, -0.15) is 0 Å². The van der Waals surface area contributed by atoms with Crippen molar-refractivity contribution in [2.75, 3.05) is 45.9 Å². The summed E-state index contributed by atoms with van der Waals surface area (Å²) in [5.74, 6) is 3.65. The third-order valence-electron chi connectivity index (χ3n) is 6.17. The van der Waals surface area contributed by atoms with E-state index in [-0.39, 0.29) is 0 Å². The van der Waals surface area contributed by atoms with Crippen LogP contribution in [0.2, 0.25) is 0 Å². The highest BCUT2D eigenvalue weighted by atomic mass is 16.5. The van der Waals surface area contributed by atoms with E-state index in [9.17, 15) is 4.79 Å². The molecule has 0 aromatic carbocycles. The number of carbonyl (C=O) groups is 1. The first-order valence-electron chi connectivity index (χ1n) is 8.89. The van der Waals surface area contributed by atoms with Crippen molar-refractivity contribution in [1.82, 2.24) is 9.80 Å². The number of likely N-dealkylation sites (tertiary alicyclic amines) is 2. The van der Waals surface area contributed by atoms with Gasteiger partial charge in [-0.05, 0) is 49.4 Å². The number of rotatable bonds is 4. The lowest BCUT2D eigenvalue weighted by atomic mass is 9.99. The third kappa shape index (κ3) is 2.98. The van der Waals surface area contributed by atoms with Gasteiger partial charge in [0, 0.05) is 52.4 Å². The summed E-state index contributed by atoms with van der Waals surface area (Å²) in [5, 5.41) is 0. The zero-order valence-corrected chi connectivity index (χ0v) is 13.0. The van der Waals surface area contributed by atoms with E-state index >= 15 is 0 Å². The topological polar surface area (TPSA) is 32.8 Å². The summed E-state index contributed by atoms with van der Waals surface area (Å²) in [6, 6.07) is 0. The van der Waals surface area contributed by atoms with E-state index < -0.39 is 0 Å². The molecule has 0 aromatic heterocycles. The predicted octanol–water partition coefficient (Wildman–Crippen LogP) is 1.60. The second-order valence-corrected chi connectivity index (χ2v) is 7.56. The minimum Gasteiger partial charge on any atom is -0.381 e. The molecule has 4 fully saturated rings. The van der Waals surface area contributed by atoms with Gasteiger partial charge in [-0.15, -0.1) is 0 Å². The van der Waals surface area contributed by atoms with Crippen molar-refractivity contribution >= 4 is 5.91 Å². The van der Waals surface area contributed by atoms with Gasteiger partial charge in [0.05, 0.1) is 0 Å². The summed E-state index contributed by atoms with van der Waals surface area (Å²) in [7, 11) is 0. The van der Waals surface area contributed by atoms with E-state index in [0.29, 0.717) is 11.8 Å². The zero-order valence-electron chi connectivity index (χ0n) is 13.0. The van der Waals surface area contributed by atoms with E-state index in [1.165, 1.54) is 45.3 Å². The second kappa shape index (κ2) is 5.88. The summed E-state index contributed by atoms with van der Waals surface area (Å²) in [4.78, 5) is 17.0. The van der Waals surface area contributed by atoms with Crippen LogP contribution in [0, 0.1) is 23.7 Å². The monoisotopic (exact) mass is 292 g/mol. The van der Waals surface area contributed by atoms with Gasteiger partial charge in [0.1, 0.15) is 0 Å². The molecule has 21 heavy (non-hydrogen) atoms. The molecule has 3 heterocycles. The number of fused-ring (bicyclic) bond motifs is 1. The molecule has 3 saturated heterocycles. The summed E-state index contributed by atoms with van der Waals surface area (Å²) in [5.41, 5.74) is 0. The van der Waals surface area contributed by atoms with E-state index in [2.05, 4.69) is 9.80 Å². The Hall–Kier alpha value is -0.610. The first-order chi connectivity index (χ1) is 10.3. The van der Waals surface area contributed by atoms with Crippen LogP contribution in [-0.2, 0) is 9.53 Å². The molecular formula is C17H28N2O2. The van der Waals surface area contributed by atoms with Crippen LogP contribution in [0.3, 0.4) is 0 Å². The molecule has 0 bridgehead atoms. The lowest BCUT2D eigenvalue weighted by Crippen LogP contribution is -2.34. The van der Waals surface area contributed by atoms with Crippen molar-refractivity contribution in [2.24, 2.45) is 23.7 Å². The molecule has 1 amide bonds. The highest BCUT2D eigenvalue weighted by Crippen LogP contribution is 2.54. The molecule has 4 aliphatic rings. The van der Waals surface area contributed by atoms with E-state index in [1.807, 2.05) is 0 Å². The van der Waals surface area contributed by atoms with Gasteiger partial charge in [-0.3, -0.25) is 4.79 Å². The number of ether oxygens (including phenoxy) is 1. The molecule has 0 N–H and O–H groups in total. The smallest absolute Gasteiger partial charge is 0.222 e. The predicted molar refractivity (Wildman–Crippen MR) is 80.9 cm³/mol. The van der Waals surface area contributed by atoms with Crippen LogP contribution in [-0.4, -0.2) is 61.6 Å². The third-order valence-corrected chi connectivity index (χ3v) is 6.17. The Bertz CT molecular complexity index is 376. The molecule has 1 aliphatic carbocycles. The Morgan fingerprint density at radius 2 is 1.71 bits per heavy atom. The van der Waals surface area contributed by atoms with Gasteiger partial charge in [0.25, 0.3) is 0 Å². The number of carbonyl (C=O) groups excluding carboxylic acids is 1. The van der Waals surface area contributed by atoms with Crippen molar-refractivity contribution in [3.8, 4) is 0 Å². The minimum absolute atomic E-state index is 0.433. The largest absolute Gasteiger partial charge is 0.381 e. The number of hydrogen-bond donors (Lipinski definition) is 0. The van der Waals surface area contributed by atoms with Gasteiger partial charge in [0.2, 0.25) is 5.91 Å². The van der Waals surface area contributed by atoms with E-state index in [0.717, 1.165) is 50.5 Å². The van der Waals surface area contributed by atoms with Crippen LogP contribution in [0.5, 0.6) is 0 Å². The molecule has 0 spiro atoms. The summed E-state index contributed by atoms with van der Waals surface area (Å²) in [6.45, 7) is 7.70. The molecule has 4 heteroatoms. The molecule has 0 radical (unpaired) electrons. The standard InChI is InChI=1S/C17H28N2O2/c20-17(19-5-1-2-6-19)9-14-15-11-18(12-16(14)15)10-13-3-7-21-8-4-13/h13-16H,1-12H2/t14?,15-,16+. The van der Waals surface area contributed by atoms with Crippen molar-refractivity contribution in [3.63, 3.8) is 0 Å². The molecule has 4 rings (SSSR count). The van der Waals surface area contributed by atoms with Crippen LogP contribution < -0.4 is 0 Å². The first kappa shape index (κ1) is 14.0. The summed E-state index contributed by atoms with van der Waals surface area (Å²) < 4.78 is 5.44. The number of hydrogen-bond acceptors (Lipinski definition) is 3. The number of amides is 1. The average molecular weight is 292 g/mol. The molecule has 1 unspecified atom stereocenters. The molecule has 3 aliphatic heterocycles. The van der Waals surface area contributed by atoms with Crippen molar-refractivity contribution < 1.29 is 9.53 Å². The molecule has 118 valence electrons. The summed E-state index contributed by atoms with van der Waals surface area (Å²) in [6.07, 6.45) is 5.73. The Morgan fingerprint density at radius 1 is 1.05 bits per heavy atom. The highest BCUT2D eigenvalue weighted by molar-refractivity contribution is 5.77. The zero-order chi connectivity index (χ0) is 14.2. The SMILES string of the molecule is O=C(CC1[C@H]2CN(CC3CCOCC3)C[C@@H]12)N1CCCC1. The maximum atomic E-state index is 12.2. The molecule has 4 nitrogen and oxygen atoms in total. The first-order valence-corrected chi connectivity index (χ1v) is 8.89. The van der Waals surface area contributed by atoms with Crippen molar-refractivity contribution in [3.05, 3.63) is 0 Å².